The van der Waals surface area contributed by atoms with Crippen LogP contribution >= 0.6 is 0 Å². The molecular weight excluding hydrogens is 545 g/mol. The first-order valence-corrected chi connectivity index (χ1v) is 13.8. The van der Waals surface area contributed by atoms with Gasteiger partial charge in [0.05, 0.1) is 12.2 Å². The number of aryl methyl sites for hydroxylation is 1. The van der Waals surface area contributed by atoms with E-state index in [1.165, 1.54) is 24.1 Å². The molecule has 0 radical (unpaired) electrons. The van der Waals surface area contributed by atoms with Crippen LogP contribution in [-0.2, 0) is 35.1 Å². The number of hydrogen-bond acceptors (Lipinski definition) is 3. The molecule has 0 saturated carbocycles. The minimum Gasteiger partial charge on any atom is -0.383 e. The van der Waals surface area contributed by atoms with Crippen molar-refractivity contribution in [2.45, 2.75) is 32.5 Å². The lowest BCUT2D eigenvalue weighted by atomic mass is 10.1. The van der Waals surface area contributed by atoms with E-state index in [4.69, 9.17) is 4.74 Å². The number of methoxy groups -OCH3 is 1. The number of halogens is 3. The van der Waals surface area contributed by atoms with Crippen molar-refractivity contribution in [2.24, 2.45) is 0 Å². The summed E-state index contributed by atoms with van der Waals surface area (Å²) in [6.45, 7) is 2.62. The number of H-pyrrole nitrogens is 1. The second-order valence-corrected chi connectivity index (χ2v) is 10.0. The number of aromatic amines is 1. The van der Waals surface area contributed by atoms with Gasteiger partial charge >= 0.3 is 12.2 Å². The number of urea groups is 1. The van der Waals surface area contributed by atoms with Crippen molar-refractivity contribution in [1.29, 1.82) is 0 Å². The minimum atomic E-state index is -4.45. The molecule has 0 atom stereocenters. The number of ether oxygens (including phenoxy) is 1. The molecule has 0 bridgehead atoms. The van der Waals surface area contributed by atoms with E-state index in [2.05, 4.69) is 10.3 Å². The van der Waals surface area contributed by atoms with E-state index in [1.54, 1.807) is 4.90 Å². The van der Waals surface area contributed by atoms with Crippen molar-refractivity contribution >= 4 is 28.5 Å². The highest BCUT2D eigenvalue weighted by Crippen LogP contribution is 2.29. The highest BCUT2D eigenvalue weighted by molar-refractivity contribution is 5.92. The van der Waals surface area contributed by atoms with Gasteiger partial charge in [-0.05, 0) is 59.9 Å². The number of anilines is 1. The summed E-state index contributed by atoms with van der Waals surface area (Å²) in [5, 5.41) is 3.88. The topological polar surface area (TPSA) is 77.7 Å². The van der Waals surface area contributed by atoms with E-state index < -0.39 is 17.8 Å². The lowest BCUT2D eigenvalue weighted by molar-refractivity contribution is -0.137. The van der Waals surface area contributed by atoms with Crippen LogP contribution in [0.5, 0.6) is 0 Å². The fraction of sp³-hybridized carbons (Fsp3) is 0.312. The number of rotatable bonds is 12. The van der Waals surface area contributed by atoms with Gasteiger partial charge in [0.2, 0.25) is 5.91 Å². The molecule has 222 valence electrons. The number of aromatic nitrogens is 1. The lowest BCUT2D eigenvalue weighted by Gasteiger charge is -2.28. The molecule has 0 aliphatic rings. The highest BCUT2D eigenvalue weighted by Gasteiger charge is 2.30. The molecule has 2 N–H and O–H groups in total. The SMILES string of the molecule is CCc1ccc(NC(=O)N(CCOC)CC(=O)N(CCc2c[nH]c3ccccc23)Cc2ccc(C(F)(F)F)cc2)cc1. The Hall–Kier alpha value is -4.31. The molecule has 4 aromatic rings. The maximum atomic E-state index is 13.7. The van der Waals surface area contributed by atoms with Crippen molar-refractivity contribution in [1.82, 2.24) is 14.8 Å². The summed E-state index contributed by atoms with van der Waals surface area (Å²) in [6.07, 6.45) is -1.16. The summed E-state index contributed by atoms with van der Waals surface area (Å²) in [5.74, 6) is -0.331. The van der Waals surface area contributed by atoms with Crippen LogP contribution in [0.1, 0.15) is 29.2 Å². The number of carbonyl (C=O) groups excluding carboxylic acids is 2. The predicted octanol–water partition coefficient (Wildman–Crippen LogP) is 6.50. The van der Waals surface area contributed by atoms with Crippen molar-refractivity contribution in [2.75, 3.05) is 38.7 Å². The Morgan fingerprint density at radius 3 is 2.26 bits per heavy atom. The minimum absolute atomic E-state index is 0.0948. The monoisotopic (exact) mass is 580 g/mol. The van der Waals surface area contributed by atoms with E-state index in [1.807, 2.05) is 61.7 Å². The van der Waals surface area contributed by atoms with Gasteiger partial charge in [0.25, 0.3) is 0 Å². The first-order valence-electron chi connectivity index (χ1n) is 13.8. The molecule has 1 heterocycles. The van der Waals surface area contributed by atoms with Crippen LogP contribution in [0.25, 0.3) is 10.9 Å². The predicted molar refractivity (Wildman–Crippen MR) is 157 cm³/mol. The van der Waals surface area contributed by atoms with Crippen LogP contribution in [0.3, 0.4) is 0 Å². The van der Waals surface area contributed by atoms with Crippen LogP contribution in [0.15, 0.2) is 79.0 Å². The highest BCUT2D eigenvalue weighted by atomic mass is 19.4. The van der Waals surface area contributed by atoms with Gasteiger partial charge in [0.15, 0.2) is 0 Å². The van der Waals surface area contributed by atoms with E-state index in [-0.39, 0.29) is 32.1 Å². The summed E-state index contributed by atoms with van der Waals surface area (Å²) in [7, 11) is 1.51. The number of nitrogens with one attached hydrogen (secondary N) is 2. The lowest BCUT2D eigenvalue weighted by Crippen LogP contribution is -2.46. The molecule has 10 heteroatoms. The second kappa shape index (κ2) is 14.0. The Morgan fingerprint density at radius 1 is 0.905 bits per heavy atom. The van der Waals surface area contributed by atoms with Gasteiger partial charge in [0, 0.05) is 49.5 Å². The zero-order valence-corrected chi connectivity index (χ0v) is 23.7. The van der Waals surface area contributed by atoms with E-state index >= 15 is 0 Å². The van der Waals surface area contributed by atoms with E-state index in [9.17, 15) is 22.8 Å². The van der Waals surface area contributed by atoms with Crippen molar-refractivity contribution in [3.63, 3.8) is 0 Å². The molecule has 4 rings (SSSR count). The van der Waals surface area contributed by atoms with Crippen LogP contribution < -0.4 is 5.32 Å². The molecule has 0 unspecified atom stereocenters. The number of para-hydroxylation sites is 1. The maximum absolute atomic E-state index is 13.7. The fourth-order valence-electron chi connectivity index (χ4n) is 4.65. The normalized spacial score (nSPS) is 11.5. The molecule has 0 spiro atoms. The average molecular weight is 581 g/mol. The molecule has 0 fully saturated rings. The summed E-state index contributed by atoms with van der Waals surface area (Å²) in [4.78, 5) is 33.1. The van der Waals surface area contributed by atoms with Gasteiger partial charge in [-0.2, -0.15) is 13.2 Å². The number of fused-ring (bicyclic) bond motifs is 1. The summed E-state index contributed by atoms with van der Waals surface area (Å²) < 4.78 is 44.5. The molecule has 42 heavy (non-hydrogen) atoms. The number of benzene rings is 3. The smallest absolute Gasteiger partial charge is 0.383 e. The van der Waals surface area contributed by atoms with Crippen LogP contribution in [0.2, 0.25) is 0 Å². The van der Waals surface area contributed by atoms with Gasteiger partial charge in [-0.15, -0.1) is 0 Å². The van der Waals surface area contributed by atoms with Crippen molar-refractivity contribution < 1.29 is 27.5 Å². The summed E-state index contributed by atoms with van der Waals surface area (Å²) in [5.41, 5.74) is 3.53. The number of carbonyl (C=O) groups is 2. The van der Waals surface area contributed by atoms with Gasteiger partial charge < -0.3 is 24.8 Å². The fourth-order valence-corrected chi connectivity index (χ4v) is 4.65. The molecule has 7 nitrogen and oxygen atoms in total. The van der Waals surface area contributed by atoms with Crippen LogP contribution in [-0.4, -0.2) is 60.1 Å². The van der Waals surface area contributed by atoms with Crippen molar-refractivity contribution in [3.05, 3.63) is 101 Å². The second-order valence-electron chi connectivity index (χ2n) is 10.0. The average Bonchev–Trinajstić information content (AvgIpc) is 3.40. The van der Waals surface area contributed by atoms with Gasteiger partial charge in [-0.1, -0.05) is 49.4 Å². The number of amides is 3. The van der Waals surface area contributed by atoms with Gasteiger partial charge in [-0.25, -0.2) is 4.79 Å². The molecule has 3 amide bonds. The van der Waals surface area contributed by atoms with E-state index in [0.717, 1.165) is 40.6 Å². The first-order chi connectivity index (χ1) is 20.2. The zero-order valence-electron chi connectivity index (χ0n) is 23.7. The third-order valence-electron chi connectivity index (χ3n) is 7.13. The maximum Gasteiger partial charge on any atom is 0.416 e. The number of hydrogen-bond donors (Lipinski definition) is 2. The Kier molecular flexibility index (Phi) is 10.2. The Morgan fingerprint density at radius 2 is 1.60 bits per heavy atom. The van der Waals surface area contributed by atoms with Crippen LogP contribution in [0, 0.1) is 0 Å². The number of alkyl halides is 3. The summed E-state index contributed by atoms with van der Waals surface area (Å²) in [6, 6.07) is 19.6. The largest absolute Gasteiger partial charge is 0.416 e. The number of nitrogens with zero attached hydrogens (tertiary/aromatic N) is 2. The Balaban J connectivity index is 1.52. The van der Waals surface area contributed by atoms with E-state index in [0.29, 0.717) is 24.2 Å². The van der Waals surface area contributed by atoms with Gasteiger partial charge in [-0.3, -0.25) is 4.79 Å². The zero-order chi connectivity index (χ0) is 30.1. The van der Waals surface area contributed by atoms with Crippen LogP contribution in [0.4, 0.5) is 23.7 Å². The third kappa shape index (κ3) is 8.13. The molecule has 3 aromatic carbocycles. The standard InChI is InChI=1S/C32H35F3N4O3/c1-3-23-10-14-27(15-11-23)37-31(41)39(18-19-42-2)22-30(40)38(21-24-8-12-26(13-9-24)32(33,34)35)17-16-25-20-36-29-7-5-4-6-28(25)29/h4-15,20,36H,3,16-19,21-22H2,1-2H3,(H,37,41). The first kappa shape index (κ1) is 30.6. The molecule has 0 aliphatic carbocycles. The molecule has 1 aromatic heterocycles. The van der Waals surface area contributed by atoms with Gasteiger partial charge in [0.1, 0.15) is 6.54 Å². The third-order valence-corrected chi connectivity index (χ3v) is 7.13. The van der Waals surface area contributed by atoms with Crippen molar-refractivity contribution in [3.8, 4) is 0 Å². The molecular formula is C32H35F3N4O3. The molecule has 0 aliphatic heterocycles. The quantitative estimate of drug-likeness (QED) is 0.201. The summed E-state index contributed by atoms with van der Waals surface area (Å²) >= 11 is 0. The Labute approximate surface area is 243 Å². The molecule has 0 saturated heterocycles. The Bertz CT molecular complexity index is 1470.